The lowest BCUT2D eigenvalue weighted by Crippen LogP contribution is -1.98. The quantitative estimate of drug-likeness (QED) is 0.351. The fourth-order valence-electron chi connectivity index (χ4n) is 1.35. The molecule has 4 heteroatoms. The smallest absolute Gasteiger partial charge is 0.330 e. The number of carbonyl (C=O) groups is 1. The first-order valence-electron chi connectivity index (χ1n) is 6.31. The summed E-state index contributed by atoms with van der Waals surface area (Å²) < 4.78 is 8.02. The zero-order valence-electron chi connectivity index (χ0n) is 11.8. The summed E-state index contributed by atoms with van der Waals surface area (Å²) in [4.78, 5) is 12.2. The van der Waals surface area contributed by atoms with Crippen LogP contribution in [0.4, 0.5) is 5.69 Å². The van der Waals surface area contributed by atoms with Crippen LogP contribution in [0.5, 0.6) is 0 Å². The van der Waals surface area contributed by atoms with Crippen molar-refractivity contribution >= 4 is 23.6 Å². The second kappa shape index (κ2) is 9.04. The summed E-state index contributed by atoms with van der Waals surface area (Å²) in [6, 6.07) is 9.91. The molecule has 3 nitrogen and oxygen atoms in total. The Balaban J connectivity index is 2.44. The molecule has 0 saturated carbocycles. The molecule has 0 amide bonds. The SMILES string of the molecule is C=C(/C=C/C(=O)OCC)/C=C(\C)SNc1ccccc1. The van der Waals surface area contributed by atoms with E-state index < -0.39 is 0 Å². The van der Waals surface area contributed by atoms with Crippen LogP contribution in [-0.4, -0.2) is 12.6 Å². The van der Waals surface area contributed by atoms with Gasteiger partial charge in [-0.3, -0.25) is 0 Å². The lowest BCUT2D eigenvalue weighted by Gasteiger charge is -2.05. The number of para-hydroxylation sites is 1. The highest BCUT2D eigenvalue weighted by Gasteiger charge is 1.95. The molecule has 20 heavy (non-hydrogen) atoms. The van der Waals surface area contributed by atoms with Gasteiger partial charge in [-0.2, -0.15) is 0 Å². The van der Waals surface area contributed by atoms with Gasteiger partial charge in [-0.1, -0.05) is 24.8 Å². The Morgan fingerprint density at radius 3 is 2.70 bits per heavy atom. The summed E-state index contributed by atoms with van der Waals surface area (Å²) in [6.07, 6.45) is 4.92. The van der Waals surface area contributed by atoms with Crippen LogP contribution in [-0.2, 0) is 9.53 Å². The van der Waals surface area contributed by atoms with Gasteiger partial charge < -0.3 is 9.46 Å². The monoisotopic (exact) mass is 289 g/mol. The Bertz CT molecular complexity index is 506. The van der Waals surface area contributed by atoms with E-state index in [1.807, 2.05) is 43.3 Å². The van der Waals surface area contributed by atoms with E-state index in [-0.39, 0.29) is 5.97 Å². The number of carbonyl (C=O) groups excluding carboxylic acids is 1. The standard InChI is InChI=1S/C16H19NO2S/c1-4-19-16(18)11-10-13(2)12-14(3)20-17-15-8-6-5-7-9-15/h5-12,17H,2,4H2,1,3H3/b11-10+,14-12+. The first-order valence-corrected chi connectivity index (χ1v) is 7.13. The molecule has 1 N–H and O–H groups in total. The van der Waals surface area contributed by atoms with Crippen LogP contribution in [0, 0.1) is 0 Å². The number of nitrogens with one attached hydrogen (secondary N) is 1. The molecule has 0 radical (unpaired) electrons. The molecule has 106 valence electrons. The maximum absolute atomic E-state index is 11.2. The summed E-state index contributed by atoms with van der Waals surface area (Å²) >= 11 is 1.50. The van der Waals surface area contributed by atoms with Gasteiger partial charge in [-0.15, -0.1) is 0 Å². The van der Waals surface area contributed by atoms with Crippen LogP contribution in [0.25, 0.3) is 0 Å². The van der Waals surface area contributed by atoms with Crippen LogP contribution in [0.1, 0.15) is 13.8 Å². The molecule has 0 aliphatic rings. The molecule has 0 unspecified atom stereocenters. The minimum absolute atomic E-state index is 0.352. The molecule has 0 saturated heterocycles. The van der Waals surface area contributed by atoms with E-state index in [1.54, 1.807) is 13.0 Å². The van der Waals surface area contributed by atoms with Gasteiger partial charge in [-0.25, -0.2) is 4.79 Å². The molecule has 0 spiro atoms. The molecule has 0 fully saturated rings. The predicted molar refractivity (Wildman–Crippen MR) is 86.3 cm³/mol. The van der Waals surface area contributed by atoms with Crippen molar-refractivity contribution in [3.05, 3.63) is 65.6 Å². The van der Waals surface area contributed by atoms with Gasteiger partial charge in [0.15, 0.2) is 0 Å². The van der Waals surface area contributed by atoms with Gasteiger partial charge in [0.2, 0.25) is 0 Å². The van der Waals surface area contributed by atoms with Crippen LogP contribution in [0.2, 0.25) is 0 Å². The van der Waals surface area contributed by atoms with Crippen molar-refractivity contribution in [2.75, 3.05) is 11.3 Å². The second-order valence-corrected chi connectivity index (χ2v) is 5.04. The van der Waals surface area contributed by atoms with Gasteiger partial charge in [0, 0.05) is 16.7 Å². The minimum atomic E-state index is -0.352. The van der Waals surface area contributed by atoms with Crippen LogP contribution in [0.15, 0.2) is 65.6 Å². The Labute approximate surface area is 124 Å². The number of esters is 1. The van der Waals surface area contributed by atoms with Crippen molar-refractivity contribution in [2.24, 2.45) is 0 Å². The van der Waals surface area contributed by atoms with Crippen molar-refractivity contribution in [1.29, 1.82) is 0 Å². The third-order valence-corrected chi connectivity index (χ3v) is 2.99. The average Bonchev–Trinajstić information content (AvgIpc) is 2.44. The molecule has 1 aromatic rings. The maximum atomic E-state index is 11.2. The summed E-state index contributed by atoms with van der Waals surface area (Å²) in [5.74, 6) is -0.352. The van der Waals surface area contributed by atoms with E-state index in [4.69, 9.17) is 4.74 Å². The lowest BCUT2D eigenvalue weighted by molar-refractivity contribution is -0.137. The predicted octanol–water partition coefficient (Wildman–Crippen LogP) is 4.33. The van der Waals surface area contributed by atoms with Crippen molar-refractivity contribution in [3.8, 4) is 0 Å². The molecule has 0 aliphatic carbocycles. The first-order chi connectivity index (χ1) is 9.61. The Kier molecular flexibility index (Phi) is 7.29. The molecule has 1 rings (SSSR count). The highest BCUT2D eigenvalue weighted by Crippen LogP contribution is 2.20. The number of hydrogen-bond donors (Lipinski definition) is 1. The highest BCUT2D eigenvalue weighted by molar-refractivity contribution is 8.04. The summed E-state index contributed by atoms with van der Waals surface area (Å²) in [7, 11) is 0. The van der Waals surface area contributed by atoms with E-state index >= 15 is 0 Å². The van der Waals surface area contributed by atoms with E-state index in [0.717, 1.165) is 16.2 Å². The number of benzene rings is 1. The average molecular weight is 289 g/mol. The zero-order chi connectivity index (χ0) is 14.8. The third kappa shape index (κ3) is 6.85. The number of hydrogen-bond acceptors (Lipinski definition) is 4. The van der Waals surface area contributed by atoms with Crippen LogP contribution in [0.3, 0.4) is 0 Å². The molecule has 0 heterocycles. The second-order valence-electron chi connectivity index (χ2n) is 3.99. The summed E-state index contributed by atoms with van der Waals surface area (Å²) in [5, 5.41) is 0. The highest BCUT2D eigenvalue weighted by atomic mass is 32.2. The van der Waals surface area contributed by atoms with Crippen molar-refractivity contribution in [3.63, 3.8) is 0 Å². The fourth-order valence-corrected chi connectivity index (χ4v) is 1.97. The van der Waals surface area contributed by atoms with E-state index in [1.165, 1.54) is 18.0 Å². The lowest BCUT2D eigenvalue weighted by atomic mass is 10.2. The number of rotatable bonds is 7. The molecule has 0 aromatic heterocycles. The number of anilines is 1. The van der Waals surface area contributed by atoms with Crippen molar-refractivity contribution < 1.29 is 9.53 Å². The zero-order valence-corrected chi connectivity index (χ0v) is 12.6. The molecular weight excluding hydrogens is 270 g/mol. The van der Waals surface area contributed by atoms with E-state index in [9.17, 15) is 4.79 Å². The molecule has 0 bridgehead atoms. The number of allylic oxidation sites excluding steroid dienone is 4. The van der Waals surface area contributed by atoms with Crippen molar-refractivity contribution in [2.45, 2.75) is 13.8 Å². The Hall–Kier alpha value is -1.94. The van der Waals surface area contributed by atoms with Crippen molar-refractivity contribution in [1.82, 2.24) is 0 Å². The van der Waals surface area contributed by atoms with Crippen LogP contribution < -0.4 is 4.72 Å². The van der Waals surface area contributed by atoms with E-state index in [2.05, 4.69) is 11.3 Å². The molecule has 0 atom stereocenters. The van der Waals surface area contributed by atoms with Gasteiger partial charge in [-0.05, 0) is 55.7 Å². The van der Waals surface area contributed by atoms with Crippen LogP contribution >= 0.6 is 11.9 Å². The minimum Gasteiger partial charge on any atom is -0.463 e. The van der Waals surface area contributed by atoms with Gasteiger partial charge in [0.25, 0.3) is 0 Å². The van der Waals surface area contributed by atoms with Gasteiger partial charge in [0.05, 0.1) is 6.61 Å². The van der Waals surface area contributed by atoms with Gasteiger partial charge >= 0.3 is 5.97 Å². The first kappa shape index (κ1) is 16.1. The topological polar surface area (TPSA) is 38.3 Å². The van der Waals surface area contributed by atoms with Gasteiger partial charge in [0.1, 0.15) is 0 Å². The maximum Gasteiger partial charge on any atom is 0.330 e. The Morgan fingerprint density at radius 2 is 2.05 bits per heavy atom. The Morgan fingerprint density at radius 1 is 1.35 bits per heavy atom. The summed E-state index contributed by atoms with van der Waals surface area (Å²) in [5.41, 5.74) is 1.79. The normalized spacial score (nSPS) is 11.4. The summed E-state index contributed by atoms with van der Waals surface area (Å²) in [6.45, 7) is 8.00. The molecular formula is C16H19NO2S. The fraction of sp³-hybridized carbons (Fsp3) is 0.188. The van der Waals surface area contributed by atoms with E-state index in [0.29, 0.717) is 6.61 Å². The molecule has 0 aliphatic heterocycles. The third-order valence-electron chi connectivity index (χ3n) is 2.21. The molecule has 1 aromatic carbocycles. The number of ether oxygens (including phenoxy) is 1. The largest absolute Gasteiger partial charge is 0.463 e.